The Bertz CT molecular complexity index is 627. The Kier molecular flexibility index (Phi) is 3.68. The Hall–Kier alpha value is -1.80. The molecule has 0 aliphatic heterocycles. The maximum absolute atomic E-state index is 11.8. The van der Waals surface area contributed by atoms with Crippen LogP contribution in [0.4, 0.5) is 0 Å². The number of hydrogen-bond donors (Lipinski definition) is 0. The van der Waals surface area contributed by atoms with Gasteiger partial charge in [-0.1, -0.05) is 34.1 Å². The molecule has 0 bridgehead atoms. The van der Waals surface area contributed by atoms with E-state index in [9.17, 15) is 4.79 Å². The number of alkyl halides is 1. The molecule has 18 heavy (non-hydrogen) atoms. The van der Waals surface area contributed by atoms with E-state index in [2.05, 4.69) is 15.9 Å². The van der Waals surface area contributed by atoms with Crippen LogP contribution in [0.25, 0.3) is 11.0 Å². The molecule has 1 aromatic carbocycles. The van der Waals surface area contributed by atoms with Crippen molar-refractivity contribution < 1.29 is 13.9 Å². The summed E-state index contributed by atoms with van der Waals surface area (Å²) in [6.45, 7) is 1.98. The fourth-order valence-electron chi connectivity index (χ4n) is 1.73. The zero-order valence-electron chi connectivity index (χ0n) is 9.64. The van der Waals surface area contributed by atoms with Crippen LogP contribution in [0.3, 0.4) is 0 Å². The largest absolute Gasteiger partial charge is 0.460 e. The quantitative estimate of drug-likeness (QED) is 0.642. The number of para-hydroxylation sites is 1. The van der Waals surface area contributed by atoms with Gasteiger partial charge in [-0.05, 0) is 13.0 Å². The molecule has 4 nitrogen and oxygen atoms in total. The highest BCUT2D eigenvalue weighted by Gasteiger charge is 2.26. The van der Waals surface area contributed by atoms with Crippen LogP contribution in [0.5, 0.6) is 0 Å². The minimum Gasteiger partial charge on any atom is -0.460 e. The molecule has 1 atom stereocenters. The highest BCUT2D eigenvalue weighted by molar-refractivity contribution is 9.09. The summed E-state index contributed by atoms with van der Waals surface area (Å²) in [7, 11) is 0. The van der Waals surface area contributed by atoms with Crippen LogP contribution in [0.2, 0.25) is 0 Å². The minimum absolute atomic E-state index is 0.0847. The van der Waals surface area contributed by atoms with E-state index in [1.54, 1.807) is 19.1 Å². The van der Waals surface area contributed by atoms with Crippen molar-refractivity contribution in [2.75, 3.05) is 6.61 Å². The number of fused-ring (bicyclic) bond motifs is 1. The first-order valence-electron chi connectivity index (χ1n) is 5.41. The lowest BCUT2D eigenvalue weighted by Crippen LogP contribution is -2.06. The number of rotatable bonds is 3. The fraction of sp³-hybridized carbons (Fsp3) is 0.231. The predicted octanol–water partition coefficient (Wildman–Crippen LogP) is 3.57. The van der Waals surface area contributed by atoms with Gasteiger partial charge in [0.1, 0.15) is 10.4 Å². The van der Waals surface area contributed by atoms with E-state index in [-0.39, 0.29) is 12.4 Å². The Morgan fingerprint density at radius 2 is 2.28 bits per heavy atom. The smallest absolute Gasteiger partial charge is 0.374 e. The lowest BCUT2D eigenvalue weighted by atomic mass is 10.1. The molecule has 92 valence electrons. The topological polar surface area (TPSA) is 63.2 Å². The van der Waals surface area contributed by atoms with Crippen LogP contribution >= 0.6 is 15.9 Å². The van der Waals surface area contributed by atoms with Crippen LogP contribution in [0.15, 0.2) is 28.7 Å². The van der Waals surface area contributed by atoms with Crippen LogP contribution in [0, 0.1) is 11.3 Å². The van der Waals surface area contributed by atoms with Gasteiger partial charge in [0.25, 0.3) is 0 Å². The monoisotopic (exact) mass is 307 g/mol. The number of furan rings is 1. The lowest BCUT2D eigenvalue weighted by molar-refractivity contribution is 0.0491. The van der Waals surface area contributed by atoms with Crippen molar-refractivity contribution in [3.05, 3.63) is 35.6 Å². The van der Waals surface area contributed by atoms with Gasteiger partial charge in [0.15, 0.2) is 0 Å². The van der Waals surface area contributed by atoms with Gasteiger partial charge in [-0.2, -0.15) is 5.26 Å². The summed E-state index contributed by atoms with van der Waals surface area (Å²) in [6, 6.07) is 9.23. The molecule has 2 aromatic rings. The Morgan fingerprint density at radius 1 is 1.56 bits per heavy atom. The molecule has 1 aromatic heterocycles. The normalized spacial score (nSPS) is 12.1. The average molecular weight is 308 g/mol. The van der Waals surface area contributed by atoms with E-state index in [1.807, 2.05) is 18.2 Å². The molecule has 0 saturated carbocycles. The third-order valence-electron chi connectivity index (χ3n) is 2.46. The maximum atomic E-state index is 11.8. The molecule has 1 unspecified atom stereocenters. The molecule has 0 aliphatic rings. The molecule has 0 radical (unpaired) electrons. The van der Waals surface area contributed by atoms with Gasteiger partial charge in [-0.25, -0.2) is 4.79 Å². The predicted molar refractivity (Wildman–Crippen MR) is 69.5 cm³/mol. The number of hydrogen-bond acceptors (Lipinski definition) is 4. The van der Waals surface area contributed by atoms with E-state index < -0.39 is 10.8 Å². The summed E-state index contributed by atoms with van der Waals surface area (Å²) < 4.78 is 10.4. The number of ether oxygens (including phenoxy) is 1. The van der Waals surface area contributed by atoms with E-state index in [0.29, 0.717) is 11.1 Å². The van der Waals surface area contributed by atoms with Crippen LogP contribution < -0.4 is 0 Å². The highest BCUT2D eigenvalue weighted by Crippen LogP contribution is 2.35. The zero-order chi connectivity index (χ0) is 13.1. The van der Waals surface area contributed by atoms with Crippen molar-refractivity contribution in [2.45, 2.75) is 11.8 Å². The maximum Gasteiger partial charge on any atom is 0.374 e. The van der Waals surface area contributed by atoms with Gasteiger partial charge in [0.2, 0.25) is 5.76 Å². The Morgan fingerprint density at radius 3 is 2.94 bits per heavy atom. The van der Waals surface area contributed by atoms with E-state index in [4.69, 9.17) is 14.4 Å². The second-order valence-electron chi connectivity index (χ2n) is 3.55. The van der Waals surface area contributed by atoms with Crippen molar-refractivity contribution in [3.8, 4) is 6.07 Å². The van der Waals surface area contributed by atoms with Gasteiger partial charge in [-0.3, -0.25) is 0 Å². The van der Waals surface area contributed by atoms with Gasteiger partial charge < -0.3 is 9.15 Å². The van der Waals surface area contributed by atoms with Crippen molar-refractivity contribution >= 4 is 32.9 Å². The number of nitrogens with zero attached hydrogens (tertiary/aromatic N) is 1. The molecule has 1 heterocycles. The fourth-order valence-corrected chi connectivity index (χ4v) is 2.18. The first-order chi connectivity index (χ1) is 8.69. The van der Waals surface area contributed by atoms with Crippen molar-refractivity contribution in [1.82, 2.24) is 0 Å². The lowest BCUT2D eigenvalue weighted by Gasteiger charge is -2.02. The summed E-state index contributed by atoms with van der Waals surface area (Å²) in [5.41, 5.74) is 1.09. The number of benzene rings is 1. The van der Waals surface area contributed by atoms with Crippen molar-refractivity contribution in [2.24, 2.45) is 0 Å². The summed E-state index contributed by atoms with van der Waals surface area (Å²) in [5, 5.41) is 9.75. The number of carbonyl (C=O) groups excluding carboxylic acids is 1. The third kappa shape index (κ3) is 2.12. The van der Waals surface area contributed by atoms with E-state index in [1.165, 1.54) is 0 Å². The highest BCUT2D eigenvalue weighted by atomic mass is 79.9. The molecule has 0 fully saturated rings. The molecular formula is C13H10BrNO3. The standard InChI is InChI=1S/C13H10BrNO3/c1-2-17-13(16)12-11(9(14)7-15)8-5-3-4-6-10(8)18-12/h3-6,9H,2H2,1H3. The molecule has 0 spiro atoms. The number of carbonyl (C=O) groups is 1. The van der Waals surface area contributed by atoms with Crippen LogP contribution in [-0.2, 0) is 4.74 Å². The molecule has 0 saturated heterocycles. The number of nitriles is 1. The van der Waals surface area contributed by atoms with Crippen molar-refractivity contribution in [3.63, 3.8) is 0 Å². The van der Waals surface area contributed by atoms with E-state index in [0.717, 1.165) is 5.39 Å². The minimum atomic E-state index is -0.611. The molecule has 5 heteroatoms. The first kappa shape index (κ1) is 12.7. The second-order valence-corrected chi connectivity index (χ2v) is 4.47. The van der Waals surface area contributed by atoms with Gasteiger partial charge in [-0.15, -0.1) is 0 Å². The summed E-state index contributed by atoms with van der Waals surface area (Å²) in [4.78, 5) is 11.2. The first-order valence-corrected chi connectivity index (χ1v) is 6.32. The van der Waals surface area contributed by atoms with Crippen LogP contribution in [-0.4, -0.2) is 12.6 Å². The summed E-state index contributed by atoms with van der Waals surface area (Å²) >= 11 is 3.23. The Labute approximate surface area is 112 Å². The zero-order valence-corrected chi connectivity index (χ0v) is 11.2. The third-order valence-corrected chi connectivity index (χ3v) is 3.12. The summed E-state index contributed by atoms with van der Waals surface area (Å²) in [6.07, 6.45) is 0. The SMILES string of the molecule is CCOC(=O)c1oc2ccccc2c1C(Br)C#N. The number of halogens is 1. The summed E-state index contributed by atoms with van der Waals surface area (Å²) in [5.74, 6) is -0.468. The molecule has 0 aliphatic carbocycles. The molecule has 2 rings (SSSR count). The van der Waals surface area contributed by atoms with Crippen LogP contribution in [0.1, 0.15) is 27.9 Å². The van der Waals surface area contributed by atoms with Gasteiger partial charge >= 0.3 is 5.97 Å². The van der Waals surface area contributed by atoms with E-state index >= 15 is 0 Å². The Balaban J connectivity index is 2.65. The molecule has 0 N–H and O–H groups in total. The van der Waals surface area contributed by atoms with Gasteiger partial charge in [0, 0.05) is 10.9 Å². The average Bonchev–Trinajstić information content (AvgIpc) is 2.77. The second kappa shape index (κ2) is 5.23. The molecular weight excluding hydrogens is 298 g/mol. The molecule has 0 amide bonds. The van der Waals surface area contributed by atoms with Crippen molar-refractivity contribution in [1.29, 1.82) is 5.26 Å². The van der Waals surface area contributed by atoms with Gasteiger partial charge in [0.05, 0.1) is 12.7 Å². The number of esters is 1.